The molecule has 0 radical (unpaired) electrons. The fourth-order valence-corrected chi connectivity index (χ4v) is 6.36. The molecular formula is C35H30N2. The number of benzene rings is 4. The van der Waals surface area contributed by atoms with Crippen LogP contribution in [0.1, 0.15) is 49.9 Å². The van der Waals surface area contributed by atoms with Crippen molar-refractivity contribution < 1.29 is 0 Å². The van der Waals surface area contributed by atoms with Gasteiger partial charge in [0.15, 0.2) is 0 Å². The molecule has 4 aromatic carbocycles. The Kier molecular flexibility index (Phi) is 4.57. The lowest BCUT2D eigenvalue weighted by Crippen LogP contribution is -2.38. The van der Waals surface area contributed by atoms with E-state index in [1.807, 2.05) is 0 Å². The lowest BCUT2D eigenvalue weighted by Gasteiger charge is -2.48. The Hall–Kier alpha value is -4.17. The maximum Gasteiger partial charge on any atom is 0.142 e. The fourth-order valence-electron chi connectivity index (χ4n) is 6.36. The van der Waals surface area contributed by atoms with Crippen molar-refractivity contribution in [2.45, 2.75) is 38.5 Å². The third-order valence-electron chi connectivity index (χ3n) is 8.46. The van der Waals surface area contributed by atoms with Gasteiger partial charge in [-0.25, -0.2) is 4.98 Å². The van der Waals surface area contributed by atoms with Crippen molar-refractivity contribution in [3.63, 3.8) is 0 Å². The second-order valence-corrected chi connectivity index (χ2v) is 11.3. The molecule has 7 rings (SSSR count). The lowest BCUT2D eigenvalue weighted by molar-refractivity contribution is 0.594. The van der Waals surface area contributed by atoms with Crippen LogP contribution >= 0.6 is 0 Å². The Morgan fingerprint density at radius 1 is 0.514 bits per heavy atom. The van der Waals surface area contributed by atoms with Gasteiger partial charge in [0, 0.05) is 22.0 Å². The molecule has 0 fully saturated rings. The van der Waals surface area contributed by atoms with E-state index >= 15 is 0 Å². The number of anilines is 3. The number of aromatic nitrogens is 1. The van der Waals surface area contributed by atoms with Gasteiger partial charge in [0.05, 0.1) is 17.1 Å². The molecule has 0 unspecified atom stereocenters. The summed E-state index contributed by atoms with van der Waals surface area (Å²) in [4.78, 5) is 7.83. The third-order valence-corrected chi connectivity index (χ3v) is 8.46. The number of pyridine rings is 1. The molecule has 0 N–H and O–H groups in total. The highest BCUT2D eigenvalue weighted by Gasteiger charge is 2.46. The zero-order chi connectivity index (χ0) is 25.4. The smallest absolute Gasteiger partial charge is 0.142 e. The molecular weight excluding hydrogens is 448 g/mol. The Morgan fingerprint density at radius 2 is 1.11 bits per heavy atom. The molecule has 5 aromatic rings. The summed E-state index contributed by atoms with van der Waals surface area (Å²) in [5.74, 6) is 1.04. The summed E-state index contributed by atoms with van der Waals surface area (Å²) in [5, 5.41) is 0. The van der Waals surface area contributed by atoms with Crippen molar-refractivity contribution in [2.24, 2.45) is 0 Å². The van der Waals surface area contributed by atoms with Crippen LogP contribution in [-0.2, 0) is 10.8 Å². The van der Waals surface area contributed by atoms with Gasteiger partial charge in [0.1, 0.15) is 5.82 Å². The molecule has 0 saturated carbocycles. The summed E-state index contributed by atoms with van der Waals surface area (Å²) >= 11 is 0. The average Bonchev–Trinajstić information content (AvgIpc) is 2.93. The second-order valence-electron chi connectivity index (χ2n) is 11.3. The van der Waals surface area contributed by atoms with Crippen molar-refractivity contribution in [3.05, 3.63) is 131 Å². The maximum atomic E-state index is 5.38. The number of hydrogen-bond donors (Lipinski definition) is 0. The molecule has 0 bridgehead atoms. The van der Waals surface area contributed by atoms with Gasteiger partial charge in [-0.1, -0.05) is 125 Å². The van der Waals surface area contributed by atoms with Crippen LogP contribution in [-0.4, -0.2) is 4.98 Å². The van der Waals surface area contributed by atoms with Gasteiger partial charge in [0.2, 0.25) is 0 Å². The summed E-state index contributed by atoms with van der Waals surface area (Å²) in [7, 11) is 0. The number of nitrogens with zero attached hydrogens (tertiary/aromatic N) is 2. The van der Waals surface area contributed by atoms with Crippen LogP contribution in [0.15, 0.2) is 109 Å². The van der Waals surface area contributed by atoms with Crippen LogP contribution < -0.4 is 4.90 Å². The second kappa shape index (κ2) is 7.66. The summed E-state index contributed by atoms with van der Waals surface area (Å²) in [6, 6.07) is 39.5. The Morgan fingerprint density at radius 3 is 1.78 bits per heavy atom. The standard InChI is InChI=1S/C35H30N2/c1-34(2)26-19-18-25(23-12-7-5-8-13-23)22-31(26)37-32-27(34)16-11-17-28(32)35(3,4)29-20-21-30(36-33(29)37)24-14-9-6-10-15-24/h5-22H,1-4H3. The molecule has 0 saturated heterocycles. The summed E-state index contributed by atoms with van der Waals surface area (Å²) < 4.78 is 0. The van der Waals surface area contributed by atoms with E-state index in [0.717, 1.165) is 17.1 Å². The Bertz CT molecular complexity index is 1540. The molecule has 37 heavy (non-hydrogen) atoms. The SMILES string of the molecule is CC1(C)c2ccc(-c3ccccc3)cc2N2c3nc(-c4ccccc4)ccc3C(C)(C)c3cccc1c32. The molecule has 0 aliphatic carbocycles. The van der Waals surface area contributed by atoms with Crippen LogP contribution in [0.25, 0.3) is 22.4 Å². The lowest BCUT2D eigenvalue weighted by atomic mass is 9.67. The molecule has 2 aliphatic rings. The minimum atomic E-state index is -0.163. The van der Waals surface area contributed by atoms with E-state index in [9.17, 15) is 0 Å². The van der Waals surface area contributed by atoms with Gasteiger partial charge in [-0.2, -0.15) is 0 Å². The molecule has 0 amide bonds. The largest absolute Gasteiger partial charge is 0.294 e. The molecule has 2 aliphatic heterocycles. The molecule has 3 heterocycles. The summed E-state index contributed by atoms with van der Waals surface area (Å²) in [6.45, 7) is 9.39. The van der Waals surface area contributed by atoms with Crippen molar-refractivity contribution in [1.82, 2.24) is 4.98 Å². The topological polar surface area (TPSA) is 16.1 Å². The molecule has 2 nitrogen and oxygen atoms in total. The van der Waals surface area contributed by atoms with Gasteiger partial charge in [-0.05, 0) is 39.9 Å². The zero-order valence-electron chi connectivity index (χ0n) is 21.8. The van der Waals surface area contributed by atoms with E-state index in [1.165, 1.54) is 44.8 Å². The van der Waals surface area contributed by atoms with E-state index in [1.54, 1.807) is 0 Å². The van der Waals surface area contributed by atoms with Crippen LogP contribution in [0.2, 0.25) is 0 Å². The van der Waals surface area contributed by atoms with Gasteiger partial charge < -0.3 is 0 Å². The van der Waals surface area contributed by atoms with Gasteiger partial charge in [-0.15, -0.1) is 0 Å². The number of hydrogen-bond acceptors (Lipinski definition) is 2. The maximum absolute atomic E-state index is 5.38. The van der Waals surface area contributed by atoms with Gasteiger partial charge in [0.25, 0.3) is 0 Å². The minimum absolute atomic E-state index is 0.128. The van der Waals surface area contributed by atoms with Crippen molar-refractivity contribution in [3.8, 4) is 22.4 Å². The quantitative estimate of drug-likeness (QED) is 0.251. The van der Waals surface area contributed by atoms with Crippen molar-refractivity contribution >= 4 is 17.2 Å². The first-order valence-electron chi connectivity index (χ1n) is 13.1. The molecule has 0 atom stereocenters. The molecule has 2 heteroatoms. The van der Waals surface area contributed by atoms with Crippen LogP contribution in [0, 0.1) is 0 Å². The first kappa shape index (κ1) is 22.1. The predicted octanol–water partition coefficient (Wildman–Crippen LogP) is 9.16. The third kappa shape index (κ3) is 3.08. The first-order chi connectivity index (χ1) is 17.9. The molecule has 0 spiro atoms. The first-order valence-corrected chi connectivity index (χ1v) is 13.1. The Labute approximate surface area is 219 Å². The van der Waals surface area contributed by atoms with Crippen LogP contribution in [0.3, 0.4) is 0 Å². The predicted molar refractivity (Wildman–Crippen MR) is 154 cm³/mol. The average molecular weight is 479 g/mol. The normalized spacial score (nSPS) is 15.9. The highest BCUT2D eigenvalue weighted by atomic mass is 15.2. The Balaban J connectivity index is 1.55. The number of rotatable bonds is 2. The van der Waals surface area contributed by atoms with Crippen LogP contribution in [0.4, 0.5) is 17.2 Å². The summed E-state index contributed by atoms with van der Waals surface area (Å²) in [5.41, 5.74) is 12.1. The fraction of sp³-hybridized carbons (Fsp3) is 0.171. The van der Waals surface area contributed by atoms with Crippen molar-refractivity contribution in [1.29, 1.82) is 0 Å². The highest BCUT2D eigenvalue weighted by molar-refractivity contribution is 5.93. The van der Waals surface area contributed by atoms with E-state index in [0.29, 0.717) is 0 Å². The van der Waals surface area contributed by atoms with Crippen molar-refractivity contribution in [2.75, 3.05) is 4.90 Å². The minimum Gasteiger partial charge on any atom is -0.294 e. The van der Waals surface area contributed by atoms with E-state index < -0.39 is 0 Å². The molecule has 1 aromatic heterocycles. The highest BCUT2D eigenvalue weighted by Crippen LogP contribution is 2.59. The summed E-state index contributed by atoms with van der Waals surface area (Å²) in [6.07, 6.45) is 0. The number of fused-ring (bicyclic) bond motifs is 4. The van der Waals surface area contributed by atoms with E-state index in [2.05, 4.69) is 142 Å². The van der Waals surface area contributed by atoms with E-state index in [-0.39, 0.29) is 10.8 Å². The van der Waals surface area contributed by atoms with Crippen LogP contribution in [0.5, 0.6) is 0 Å². The van der Waals surface area contributed by atoms with Gasteiger partial charge >= 0.3 is 0 Å². The zero-order valence-corrected chi connectivity index (χ0v) is 21.8. The monoisotopic (exact) mass is 478 g/mol. The molecule has 180 valence electrons. The van der Waals surface area contributed by atoms with E-state index in [4.69, 9.17) is 4.98 Å². The van der Waals surface area contributed by atoms with Gasteiger partial charge in [-0.3, -0.25) is 4.90 Å². The number of para-hydroxylation sites is 1.